The van der Waals surface area contributed by atoms with Crippen LogP contribution >= 0.6 is 0 Å². The van der Waals surface area contributed by atoms with Gasteiger partial charge >= 0.3 is 5.97 Å². The molecule has 0 aromatic carbocycles. The zero-order valence-corrected chi connectivity index (χ0v) is 10.9. The first-order valence-electron chi connectivity index (χ1n) is 5.95. The van der Waals surface area contributed by atoms with Gasteiger partial charge in [0.2, 0.25) is 0 Å². The number of aryl methyl sites for hydroxylation is 1. The van der Waals surface area contributed by atoms with Crippen molar-refractivity contribution in [1.29, 1.82) is 0 Å². The maximum Gasteiger partial charge on any atom is 0.339 e. The van der Waals surface area contributed by atoms with Crippen molar-refractivity contribution in [1.82, 2.24) is 4.98 Å². The molecule has 1 aromatic heterocycles. The van der Waals surface area contributed by atoms with Gasteiger partial charge < -0.3 is 10.0 Å². The molecule has 0 spiro atoms. The van der Waals surface area contributed by atoms with Crippen LogP contribution in [0, 0.1) is 6.92 Å². The van der Waals surface area contributed by atoms with Crippen molar-refractivity contribution in [2.45, 2.75) is 39.7 Å². The van der Waals surface area contributed by atoms with Gasteiger partial charge in [0.1, 0.15) is 11.4 Å². The lowest BCUT2D eigenvalue weighted by atomic mass is 10.1. The largest absolute Gasteiger partial charge is 0.478 e. The van der Waals surface area contributed by atoms with Gasteiger partial charge in [-0.15, -0.1) is 0 Å². The van der Waals surface area contributed by atoms with Gasteiger partial charge in [-0.25, -0.2) is 9.78 Å². The second-order valence-corrected chi connectivity index (χ2v) is 4.21. The van der Waals surface area contributed by atoms with E-state index < -0.39 is 5.97 Å². The summed E-state index contributed by atoms with van der Waals surface area (Å²) in [6.07, 6.45) is 1.95. The van der Waals surface area contributed by atoms with Crippen LogP contribution in [0.25, 0.3) is 0 Å². The van der Waals surface area contributed by atoms with Gasteiger partial charge in [-0.2, -0.15) is 0 Å². The Balaban J connectivity index is 3.18. The Morgan fingerprint density at radius 2 is 2.00 bits per heavy atom. The summed E-state index contributed by atoms with van der Waals surface area (Å²) in [5.41, 5.74) is 1.10. The normalized spacial score (nSPS) is 10.6. The lowest BCUT2D eigenvalue weighted by Gasteiger charge is -2.28. The predicted molar refractivity (Wildman–Crippen MR) is 68.7 cm³/mol. The number of aromatic nitrogens is 1. The van der Waals surface area contributed by atoms with Gasteiger partial charge in [0.05, 0.1) is 0 Å². The van der Waals surface area contributed by atoms with E-state index in [4.69, 9.17) is 5.11 Å². The minimum atomic E-state index is -0.926. The highest BCUT2D eigenvalue weighted by atomic mass is 16.4. The van der Waals surface area contributed by atoms with Crippen molar-refractivity contribution in [3.63, 3.8) is 0 Å². The molecule has 0 saturated carbocycles. The van der Waals surface area contributed by atoms with E-state index in [0.717, 1.165) is 18.5 Å². The second-order valence-electron chi connectivity index (χ2n) is 4.21. The van der Waals surface area contributed by atoms with Crippen LogP contribution in [0.4, 0.5) is 5.82 Å². The monoisotopic (exact) mass is 236 g/mol. The van der Waals surface area contributed by atoms with E-state index in [-0.39, 0.29) is 5.56 Å². The summed E-state index contributed by atoms with van der Waals surface area (Å²) in [4.78, 5) is 17.5. The molecule has 4 heteroatoms. The number of hydrogen-bond acceptors (Lipinski definition) is 3. The van der Waals surface area contributed by atoms with Crippen molar-refractivity contribution < 1.29 is 9.90 Å². The molecule has 0 saturated heterocycles. The maximum absolute atomic E-state index is 11.2. The smallest absolute Gasteiger partial charge is 0.339 e. The second kappa shape index (κ2) is 5.66. The van der Waals surface area contributed by atoms with E-state index in [1.807, 2.05) is 18.9 Å². The zero-order valence-electron chi connectivity index (χ0n) is 10.9. The van der Waals surface area contributed by atoms with Gasteiger partial charge in [-0.1, -0.05) is 13.8 Å². The summed E-state index contributed by atoms with van der Waals surface area (Å²) >= 11 is 0. The third-order valence-corrected chi connectivity index (χ3v) is 3.07. The lowest BCUT2D eigenvalue weighted by molar-refractivity contribution is 0.0697. The Bertz CT molecular complexity index is 400. The van der Waals surface area contributed by atoms with Crippen LogP contribution in [0.2, 0.25) is 0 Å². The van der Waals surface area contributed by atoms with E-state index in [9.17, 15) is 4.79 Å². The Morgan fingerprint density at radius 1 is 1.41 bits per heavy atom. The quantitative estimate of drug-likeness (QED) is 0.854. The topological polar surface area (TPSA) is 53.4 Å². The number of nitrogens with zero attached hydrogens (tertiary/aromatic N) is 2. The summed E-state index contributed by atoms with van der Waals surface area (Å²) < 4.78 is 0. The molecule has 0 aliphatic carbocycles. The summed E-state index contributed by atoms with van der Waals surface area (Å²) in [6.45, 7) is 6.07. The van der Waals surface area contributed by atoms with Gasteiger partial charge in [0.15, 0.2) is 0 Å². The molecular formula is C13H20N2O2. The van der Waals surface area contributed by atoms with Gasteiger partial charge in [-0.3, -0.25) is 0 Å². The molecule has 4 nitrogen and oxygen atoms in total. The first-order valence-corrected chi connectivity index (χ1v) is 5.95. The van der Waals surface area contributed by atoms with Crippen molar-refractivity contribution in [2.24, 2.45) is 0 Å². The zero-order chi connectivity index (χ0) is 13.0. The van der Waals surface area contributed by atoms with Crippen molar-refractivity contribution in [2.75, 3.05) is 11.9 Å². The fraction of sp³-hybridized carbons (Fsp3) is 0.538. The highest BCUT2D eigenvalue weighted by Crippen LogP contribution is 2.21. The SMILES string of the molecule is CCC(CC)N(C)c1nc(C)ccc1C(=O)O. The molecule has 0 aliphatic heterocycles. The van der Waals surface area contributed by atoms with E-state index in [2.05, 4.69) is 18.8 Å². The highest BCUT2D eigenvalue weighted by Gasteiger charge is 2.19. The molecule has 0 amide bonds. The number of carbonyl (C=O) groups is 1. The highest BCUT2D eigenvalue weighted by molar-refractivity contribution is 5.93. The molecule has 0 aliphatic rings. The van der Waals surface area contributed by atoms with Crippen molar-refractivity contribution >= 4 is 11.8 Å². The molecule has 94 valence electrons. The number of carboxylic acids is 1. The average Bonchev–Trinajstić information content (AvgIpc) is 2.29. The molecule has 0 atom stereocenters. The molecule has 1 rings (SSSR count). The molecular weight excluding hydrogens is 216 g/mol. The number of pyridine rings is 1. The standard InChI is InChI=1S/C13H20N2O2/c1-5-10(6-2)15(4)12-11(13(16)17)8-7-9(3)14-12/h7-8,10H,5-6H2,1-4H3,(H,16,17). The number of carboxylic acid groups (broad SMARTS) is 1. The molecule has 17 heavy (non-hydrogen) atoms. The molecule has 0 radical (unpaired) electrons. The summed E-state index contributed by atoms with van der Waals surface area (Å²) in [7, 11) is 1.91. The van der Waals surface area contributed by atoms with Gasteiger partial charge in [-0.05, 0) is 31.9 Å². The van der Waals surface area contributed by atoms with Crippen molar-refractivity contribution in [3.8, 4) is 0 Å². The van der Waals surface area contributed by atoms with Crippen molar-refractivity contribution in [3.05, 3.63) is 23.4 Å². The van der Waals surface area contributed by atoms with Crippen LogP contribution in [-0.2, 0) is 0 Å². The van der Waals surface area contributed by atoms with E-state index in [0.29, 0.717) is 11.9 Å². The minimum absolute atomic E-state index is 0.269. The first kappa shape index (κ1) is 13.5. The first-order chi connectivity index (χ1) is 8.01. The minimum Gasteiger partial charge on any atom is -0.478 e. The fourth-order valence-corrected chi connectivity index (χ4v) is 1.99. The Labute approximate surface area is 102 Å². The maximum atomic E-state index is 11.2. The summed E-state index contributed by atoms with van der Waals surface area (Å²) in [6, 6.07) is 3.68. The number of rotatable bonds is 5. The van der Waals surface area contributed by atoms with Crippen LogP contribution in [-0.4, -0.2) is 29.1 Å². The van der Waals surface area contributed by atoms with Crippen LogP contribution in [0.3, 0.4) is 0 Å². The molecule has 1 heterocycles. The fourth-order valence-electron chi connectivity index (χ4n) is 1.99. The number of anilines is 1. The summed E-state index contributed by atoms with van der Waals surface area (Å²) in [5.74, 6) is -0.364. The van der Waals surface area contributed by atoms with Crippen LogP contribution in [0.5, 0.6) is 0 Å². The predicted octanol–water partition coefficient (Wildman–Crippen LogP) is 2.71. The van der Waals surface area contributed by atoms with E-state index >= 15 is 0 Å². The number of aromatic carboxylic acids is 1. The summed E-state index contributed by atoms with van der Waals surface area (Å²) in [5, 5.41) is 9.17. The molecule has 0 unspecified atom stereocenters. The van der Waals surface area contributed by atoms with Gasteiger partial charge in [0.25, 0.3) is 0 Å². The third-order valence-electron chi connectivity index (χ3n) is 3.07. The van der Waals surface area contributed by atoms with Crippen LogP contribution in [0.1, 0.15) is 42.7 Å². The number of hydrogen-bond donors (Lipinski definition) is 1. The van der Waals surface area contributed by atoms with Crippen LogP contribution < -0.4 is 4.90 Å². The molecule has 1 N–H and O–H groups in total. The Hall–Kier alpha value is -1.58. The van der Waals surface area contributed by atoms with E-state index in [1.54, 1.807) is 12.1 Å². The van der Waals surface area contributed by atoms with Gasteiger partial charge in [0, 0.05) is 18.8 Å². The van der Waals surface area contributed by atoms with E-state index in [1.165, 1.54) is 0 Å². The Kier molecular flexibility index (Phi) is 4.49. The molecule has 0 bridgehead atoms. The third kappa shape index (κ3) is 2.96. The van der Waals surface area contributed by atoms with Crippen LogP contribution in [0.15, 0.2) is 12.1 Å². The molecule has 1 aromatic rings. The lowest BCUT2D eigenvalue weighted by Crippen LogP contribution is -2.32. The average molecular weight is 236 g/mol. The molecule has 0 fully saturated rings. The Morgan fingerprint density at radius 3 is 2.47 bits per heavy atom.